The van der Waals surface area contributed by atoms with Crippen LogP contribution in [0.25, 0.3) is 0 Å². The van der Waals surface area contributed by atoms with E-state index >= 15 is 0 Å². The summed E-state index contributed by atoms with van der Waals surface area (Å²) >= 11 is 0. The molecule has 0 atom stereocenters. The molecular formula is C17H8F19NaO3S. The van der Waals surface area contributed by atoms with E-state index in [9.17, 15) is 91.8 Å². The number of allylic oxidation sites excluding steroid dienone is 1. The molecule has 0 heterocycles. The second-order valence-electron chi connectivity index (χ2n) is 7.22. The average Bonchev–Trinajstić information content (AvgIpc) is 2.76. The maximum Gasteiger partial charge on any atom is 1.00 e. The van der Waals surface area contributed by atoms with Gasteiger partial charge < -0.3 is 4.39 Å². The van der Waals surface area contributed by atoms with Gasteiger partial charge in [-0.2, -0.15) is 83.1 Å². The van der Waals surface area contributed by atoms with Crippen LogP contribution in [0.5, 0.6) is 0 Å². The Labute approximate surface area is 237 Å². The molecule has 1 aromatic carbocycles. The summed E-state index contributed by atoms with van der Waals surface area (Å²) in [5, 5.41) is 0. The van der Waals surface area contributed by atoms with Crippen molar-refractivity contribution in [2.75, 3.05) is 0 Å². The molecule has 0 amide bonds. The van der Waals surface area contributed by atoms with E-state index in [1.54, 1.807) is 12.1 Å². The normalized spacial score (nSPS) is 15.1. The Bertz CT molecular complexity index is 1170. The van der Waals surface area contributed by atoms with E-state index in [1.165, 1.54) is 12.1 Å². The average molecular weight is 676 g/mol. The Morgan fingerprint density at radius 2 is 0.927 bits per heavy atom. The molecule has 0 bridgehead atoms. The first-order valence-corrected chi connectivity index (χ1v) is 10.3. The molecule has 0 aliphatic heterocycles. The van der Waals surface area contributed by atoms with Gasteiger partial charge in [0, 0.05) is 5.83 Å². The third-order valence-electron chi connectivity index (χ3n) is 4.40. The summed E-state index contributed by atoms with van der Waals surface area (Å²) in [7, 11) is -4.02. The van der Waals surface area contributed by atoms with Gasteiger partial charge in [0.2, 0.25) is 0 Å². The quantitative estimate of drug-likeness (QED) is 0.186. The Morgan fingerprint density at radius 1 is 0.634 bits per heavy atom. The van der Waals surface area contributed by atoms with Crippen molar-refractivity contribution >= 4 is 10.1 Å². The predicted molar refractivity (Wildman–Crippen MR) is 90.6 cm³/mol. The molecule has 0 radical (unpaired) electrons. The van der Waals surface area contributed by atoms with Crippen LogP contribution in [0.15, 0.2) is 35.0 Å². The number of hydrogen-bond acceptors (Lipinski definition) is 2. The van der Waals surface area contributed by atoms with Gasteiger partial charge in [-0.25, -0.2) is 4.39 Å². The Balaban J connectivity index is 0. The van der Waals surface area contributed by atoms with E-state index in [0.717, 1.165) is 5.56 Å². The van der Waals surface area contributed by atoms with E-state index in [1.807, 2.05) is 6.92 Å². The molecule has 234 valence electrons. The van der Waals surface area contributed by atoms with Crippen molar-refractivity contribution in [1.29, 1.82) is 0 Å². The first-order chi connectivity index (χ1) is 17.2. The zero-order valence-corrected chi connectivity index (χ0v) is 22.0. The molecule has 0 fully saturated rings. The second-order valence-corrected chi connectivity index (χ2v) is 8.64. The summed E-state index contributed by atoms with van der Waals surface area (Å²) in [6.45, 7) is 1.84. The second kappa shape index (κ2) is 12.3. The van der Waals surface area contributed by atoms with Crippen LogP contribution in [0.3, 0.4) is 0 Å². The summed E-state index contributed by atoms with van der Waals surface area (Å²) in [6, 6.07) is 5.99. The monoisotopic (exact) mass is 676 g/mol. The fraction of sp³-hybridized carbons (Fsp3) is 0.529. The predicted octanol–water partition coefficient (Wildman–Crippen LogP) is 4.83. The van der Waals surface area contributed by atoms with E-state index in [2.05, 4.69) is 0 Å². The first-order valence-electron chi connectivity index (χ1n) is 8.88. The van der Waals surface area contributed by atoms with Crippen molar-refractivity contribution in [3.05, 3.63) is 42.0 Å². The van der Waals surface area contributed by atoms with Gasteiger partial charge in [-0.05, 0) is 19.1 Å². The van der Waals surface area contributed by atoms with Gasteiger partial charge in [-0.1, -0.05) is 17.7 Å². The maximum absolute atomic E-state index is 13.0. The Hall–Kier alpha value is -1.46. The zero-order chi connectivity index (χ0) is 32.8. The van der Waals surface area contributed by atoms with Crippen molar-refractivity contribution < 1.29 is 126 Å². The first kappa shape index (κ1) is 41.7. The van der Waals surface area contributed by atoms with Gasteiger partial charge in [0.1, 0.15) is 0 Å². The minimum atomic E-state index is -8.83. The van der Waals surface area contributed by atoms with E-state index in [-0.39, 0.29) is 34.5 Å². The number of aryl methyl sites for hydroxylation is 1. The van der Waals surface area contributed by atoms with E-state index in [4.69, 9.17) is 4.55 Å². The molecule has 0 spiro atoms. The SMILES string of the molecule is Cc1ccc(S(=O)(=O)O)cc1.F[C-]=C(F)C(F)(F)C(F)(F)C(F)(F)C(F)(F)C(F)(F)C(F)(F)C(F)(F)C(F)(F)F.[Na+]. The van der Waals surface area contributed by atoms with Gasteiger partial charge in [0.25, 0.3) is 10.1 Å². The zero-order valence-electron chi connectivity index (χ0n) is 19.2. The number of alkyl halides is 17. The molecule has 0 unspecified atom stereocenters. The Morgan fingerprint density at radius 3 is 1.20 bits per heavy atom. The summed E-state index contributed by atoms with van der Waals surface area (Å²) < 4.78 is 268. The topological polar surface area (TPSA) is 54.4 Å². The molecule has 41 heavy (non-hydrogen) atoms. The third kappa shape index (κ3) is 7.03. The molecular weight excluding hydrogens is 668 g/mol. The van der Waals surface area contributed by atoms with Crippen LogP contribution < -0.4 is 29.6 Å². The van der Waals surface area contributed by atoms with Crippen LogP contribution in [-0.4, -0.2) is 60.6 Å². The molecule has 1 aromatic rings. The van der Waals surface area contributed by atoms with Gasteiger partial charge in [0.05, 0.1) is 4.90 Å². The van der Waals surface area contributed by atoms with Crippen LogP contribution in [0.4, 0.5) is 83.4 Å². The van der Waals surface area contributed by atoms with Crippen molar-refractivity contribution in [3.63, 3.8) is 0 Å². The van der Waals surface area contributed by atoms with Crippen molar-refractivity contribution in [2.45, 2.75) is 59.5 Å². The number of benzene rings is 1. The van der Waals surface area contributed by atoms with Crippen molar-refractivity contribution in [2.24, 2.45) is 0 Å². The Kier molecular flexibility index (Phi) is 12.5. The summed E-state index contributed by atoms with van der Waals surface area (Å²) in [6.07, 6.45) is -8.98. The molecule has 24 heteroatoms. The number of halogens is 19. The van der Waals surface area contributed by atoms with Gasteiger partial charge >= 0.3 is 77.2 Å². The van der Waals surface area contributed by atoms with Gasteiger partial charge in [-0.3, -0.25) is 10.9 Å². The minimum Gasteiger partial charge on any atom is -0.455 e. The van der Waals surface area contributed by atoms with Crippen LogP contribution >= 0.6 is 0 Å². The molecule has 0 aliphatic carbocycles. The van der Waals surface area contributed by atoms with Crippen molar-refractivity contribution in [1.82, 2.24) is 0 Å². The van der Waals surface area contributed by atoms with Crippen molar-refractivity contribution in [3.8, 4) is 0 Å². The standard InChI is InChI=1S/C10F19.C7H8O3S.Na/c11-1-2(12)3(13,14)4(15,16)5(17,18)6(19,20)7(21,22)8(23,24)9(25,26)10(27,28)29;1-6-2-4-7(5-3-6)11(8,9)10;/h;2-5H,1H3,(H,8,9,10);/q-1;;+1. The number of hydrogen-bond donors (Lipinski definition) is 1. The molecule has 3 nitrogen and oxygen atoms in total. The molecule has 0 aromatic heterocycles. The number of rotatable bonds is 8. The molecule has 0 saturated carbocycles. The third-order valence-corrected chi connectivity index (χ3v) is 5.27. The summed E-state index contributed by atoms with van der Waals surface area (Å²) in [4.78, 5) is -0.0666. The van der Waals surface area contributed by atoms with Gasteiger partial charge in [0.15, 0.2) is 0 Å². The molecule has 1 rings (SSSR count). The molecule has 0 aliphatic rings. The van der Waals surface area contributed by atoms with Crippen LogP contribution in [0, 0.1) is 13.3 Å². The van der Waals surface area contributed by atoms with Gasteiger partial charge in [-0.15, -0.1) is 0 Å². The largest absolute Gasteiger partial charge is 1.00 e. The smallest absolute Gasteiger partial charge is 0.455 e. The molecule has 1 N–H and O–H groups in total. The van der Waals surface area contributed by atoms with Crippen LogP contribution in [0.1, 0.15) is 5.56 Å². The summed E-state index contributed by atoms with van der Waals surface area (Å²) in [5.41, 5.74) is 0.956. The molecule has 0 saturated heterocycles. The van der Waals surface area contributed by atoms with E-state index < -0.39 is 69.9 Å². The van der Waals surface area contributed by atoms with Crippen LogP contribution in [0.2, 0.25) is 0 Å². The fourth-order valence-corrected chi connectivity index (χ4v) is 2.55. The van der Waals surface area contributed by atoms with Crippen LogP contribution in [-0.2, 0) is 10.1 Å². The fourth-order valence-electron chi connectivity index (χ4n) is 2.07. The maximum atomic E-state index is 13.0. The minimum absolute atomic E-state index is 0. The summed E-state index contributed by atoms with van der Waals surface area (Å²) in [5.74, 6) is -63.5. The van der Waals surface area contributed by atoms with E-state index in [0.29, 0.717) is 0 Å².